The second-order valence-electron chi connectivity index (χ2n) is 11.1. The Morgan fingerprint density at radius 1 is 1.22 bits per heavy atom. The van der Waals surface area contributed by atoms with Gasteiger partial charge in [-0.05, 0) is 49.4 Å². The molecule has 2 heterocycles. The van der Waals surface area contributed by atoms with Crippen LogP contribution >= 0.6 is 11.6 Å². The molecule has 1 aromatic heterocycles. The lowest BCUT2D eigenvalue weighted by molar-refractivity contribution is -0.164. The van der Waals surface area contributed by atoms with Crippen molar-refractivity contribution in [2.45, 2.75) is 59.1 Å². The lowest BCUT2D eigenvalue weighted by Gasteiger charge is -2.63. The van der Waals surface area contributed by atoms with Gasteiger partial charge in [-0.2, -0.15) is 5.26 Å². The zero-order valence-corrected chi connectivity index (χ0v) is 22.2. The van der Waals surface area contributed by atoms with Gasteiger partial charge in [0.2, 0.25) is 0 Å². The van der Waals surface area contributed by atoms with Gasteiger partial charge in [0.15, 0.2) is 0 Å². The Kier molecular flexibility index (Phi) is 7.49. The number of piperidine rings is 1. The van der Waals surface area contributed by atoms with Gasteiger partial charge in [-0.3, -0.25) is 4.79 Å². The number of nitrogens with zero attached hydrogens (tertiary/aromatic N) is 3. The minimum absolute atomic E-state index is 0.110. The highest BCUT2D eigenvalue weighted by atomic mass is 35.5. The number of aromatic nitrogens is 1. The van der Waals surface area contributed by atoms with Crippen molar-refractivity contribution in [1.29, 1.82) is 5.26 Å². The van der Waals surface area contributed by atoms with Crippen molar-refractivity contribution in [3.63, 3.8) is 0 Å². The van der Waals surface area contributed by atoms with Crippen LogP contribution in [0.15, 0.2) is 36.5 Å². The maximum Gasteiger partial charge on any atom is 0.253 e. The van der Waals surface area contributed by atoms with Gasteiger partial charge in [0.25, 0.3) is 5.91 Å². The lowest BCUT2D eigenvalue weighted by atomic mass is 9.49. The zero-order valence-electron chi connectivity index (χ0n) is 21.4. The first kappa shape index (κ1) is 26.2. The van der Waals surface area contributed by atoms with E-state index >= 15 is 0 Å². The summed E-state index contributed by atoms with van der Waals surface area (Å²) in [6, 6.07) is 10.8. The van der Waals surface area contributed by atoms with Crippen LogP contribution in [0.4, 0.5) is 5.82 Å². The Bertz CT molecular complexity index is 1120. The molecule has 36 heavy (non-hydrogen) atoms. The van der Waals surface area contributed by atoms with E-state index in [0.29, 0.717) is 27.8 Å². The van der Waals surface area contributed by atoms with Crippen molar-refractivity contribution < 1.29 is 14.6 Å². The van der Waals surface area contributed by atoms with E-state index in [1.807, 2.05) is 12.1 Å². The number of aliphatic hydroxyl groups excluding tert-OH is 1. The molecule has 1 saturated carbocycles. The van der Waals surface area contributed by atoms with E-state index < -0.39 is 0 Å². The van der Waals surface area contributed by atoms with Gasteiger partial charge in [0.1, 0.15) is 23.7 Å². The van der Waals surface area contributed by atoms with Crippen molar-refractivity contribution in [1.82, 2.24) is 10.3 Å². The largest absolute Gasteiger partial charge is 0.489 e. The second-order valence-corrected chi connectivity index (χ2v) is 11.6. The van der Waals surface area contributed by atoms with Crippen molar-refractivity contribution >= 4 is 23.3 Å². The first-order valence-electron chi connectivity index (χ1n) is 12.6. The van der Waals surface area contributed by atoms with Crippen LogP contribution in [0.25, 0.3) is 0 Å². The first-order valence-corrected chi connectivity index (χ1v) is 12.9. The van der Waals surface area contributed by atoms with Crippen LogP contribution in [0.3, 0.4) is 0 Å². The molecule has 1 saturated heterocycles. The van der Waals surface area contributed by atoms with Gasteiger partial charge >= 0.3 is 0 Å². The number of aliphatic hydroxyl groups is 1. The van der Waals surface area contributed by atoms with E-state index in [4.69, 9.17) is 26.7 Å². The fourth-order valence-corrected chi connectivity index (χ4v) is 6.36. The molecule has 1 aliphatic heterocycles. The van der Waals surface area contributed by atoms with Crippen LogP contribution in [0.5, 0.6) is 5.75 Å². The summed E-state index contributed by atoms with van der Waals surface area (Å²) in [7, 11) is 0. The molecule has 0 spiro atoms. The number of halogens is 1. The maximum absolute atomic E-state index is 13.1. The van der Waals surface area contributed by atoms with Gasteiger partial charge in [-0.25, -0.2) is 4.98 Å². The molecule has 1 aliphatic carbocycles. The number of carbonyl (C=O) groups is 1. The maximum atomic E-state index is 13.1. The molecule has 0 unspecified atom stereocenters. The smallest absolute Gasteiger partial charge is 0.253 e. The summed E-state index contributed by atoms with van der Waals surface area (Å²) in [5.41, 5.74) is 0.285. The van der Waals surface area contributed by atoms with Crippen LogP contribution in [-0.4, -0.2) is 47.8 Å². The fourth-order valence-electron chi connectivity index (χ4n) is 6.15. The fraction of sp³-hybridized carbons (Fsp3) is 0.536. The van der Waals surface area contributed by atoms with Gasteiger partial charge in [0.05, 0.1) is 16.1 Å². The highest BCUT2D eigenvalue weighted by Crippen LogP contribution is 2.55. The van der Waals surface area contributed by atoms with Crippen molar-refractivity contribution in [2.24, 2.45) is 16.7 Å². The molecule has 2 aromatic rings. The lowest BCUT2D eigenvalue weighted by Crippen LogP contribution is -2.74. The number of hydrogen-bond acceptors (Lipinski definition) is 6. The van der Waals surface area contributed by atoms with Gasteiger partial charge < -0.3 is 20.1 Å². The minimum atomic E-state index is -0.328. The number of benzene rings is 1. The van der Waals surface area contributed by atoms with Gasteiger partial charge in [-0.15, -0.1) is 0 Å². The summed E-state index contributed by atoms with van der Waals surface area (Å²) in [4.78, 5) is 19.9. The highest BCUT2D eigenvalue weighted by Gasteiger charge is 2.64. The molecule has 7 nitrogen and oxygen atoms in total. The molecule has 1 amide bonds. The van der Waals surface area contributed by atoms with Gasteiger partial charge in [0, 0.05) is 48.8 Å². The molecule has 1 aromatic carbocycles. The van der Waals surface area contributed by atoms with Crippen molar-refractivity contribution in [3.8, 4) is 11.8 Å². The molecule has 0 radical (unpaired) electrons. The first-order chi connectivity index (χ1) is 17.1. The number of nitriles is 1. The van der Waals surface area contributed by atoms with Crippen LogP contribution in [0.2, 0.25) is 5.02 Å². The second kappa shape index (κ2) is 10.3. The Morgan fingerprint density at radius 2 is 1.92 bits per heavy atom. The predicted octanol–water partition coefficient (Wildman–Crippen LogP) is 4.82. The Labute approximate surface area is 218 Å². The quantitative estimate of drug-likeness (QED) is 0.554. The minimum Gasteiger partial charge on any atom is -0.489 e. The van der Waals surface area contributed by atoms with Crippen molar-refractivity contribution in [2.75, 3.05) is 24.6 Å². The molecule has 0 atom stereocenters. The van der Waals surface area contributed by atoms with E-state index in [9.17, 15) is 4.79 Å². The van der Waals surface area contributed by atoms with E-state index in [-0.39, 0.29) is 35.5 Å². The zero-order chi connectivity index (χ0) is 26.1. The Hall–Kier alpha value is -2.82. The average Bonchev–Trinajstić information content (AvgIpc) is 2.86. The predicted molar refractivity (Wildman–Crippen MR) is 140 cm³/mol. The van der Waals surface area contributed by atoms with Crippen LogP contribution < -0.4 is 15.0 Å². The summed E-state index contributed by atoms with van der Waals surface area (Å²) in [6.45, 7) is 10.4. The summed E-state index contributed by atoms with van der Waals surface area (Å²) < 4.78 is 6.31. The number of amides is 1. The highest BCUT2D eigenvalue weighted by molar-refractivity contribution is 6.31. The molecule has 8 heteroatoms. The molecule has 4 rings (SSSR count). The Balaban J connectivity index is 1.38. The van der Waals surface area contributed by atoms with Crippen LogP contribution in [-0.2, 0) is 0 Å². The normalized spacial score (nSPS) is 22.9. The topological polar surface area (TPSA) is 98.5 Å². The third-order valence-corrected chi connectivity index (χ3v) is 8.23. The molecule has 2 aliphatic rings. The van der Waals surface area contributed by atoms with E-state index in [0.717, 1.165) is 38.2 Å². The van der Waals surface area contributed by atoms with Crippen molar-refractivity contribution in [3.05, 3.63) is 52.7 Å². The summed E-state index contributed by atoms with van der Waals surface area (Å²) in [6.07, 6.45) is 4.45. The number of carbonyl (C=O) groups excluding carboxylic acids is 1. The number of nitrogens with one attached hydrogen (secondary N) is 1. The molecule has 0 bridgehead atoms. The third-order valence-electron chi connectivity index (χ3n) is 7.92. The van der Waals surface area contributed by atoms with Gasteiger partial charge in [-0.1, -0.05) is 39.3 Å². The van der Waals surface area contributed by atoms with E-state index in [1.165, 1.54) is 0 Å². The monoisotopic (exact) mass is 510 g/mol. The summed E-state index contributed by atoms with van der Waals surface area (Å²) >= 11 is 6.18. The number of hydrogen-bond donors (Lipinski definition) is 2. The molecular formula is C28H35ClN4O3. The molecule has 2 fully saturated rings. The standard InChI is InChI=1S/C28H35ClN4O3/c1-27(2)25(28(3,4)26(27)36-21-7-5-19(16-30)22(29)15-21)32-24(35)20-6-8-23(31-17-20)33-12-9-18(10-13-33)11-14-34/h5-8,15,17-18,25-26,34H,9-14H2,1-4H3,(H,32,35). The van der Waals surface area contributed by atoms with Crippen LogP contribution in [0.1, 0.15) is 62.9 Å². The van der Waals surface area contributed by atoms with E-state index in [1.54, 1.807) is 24.4 Å². The summed E-state index contributed by atoms with van der Waals surface area (Å²) in [5.74, 6) is 1.91. The summed E-state index contributed by atoms with van der Waals surface area (Å²) in [5, 5.41) is 21.8. The number of pyridine rings is 1. The van der Waals surface area contributed by atoms with Crippen LogP contribution in [0, 0.1) is 28.1 Å². The SMILES string of the molecule is CC1(C)C(NC(=O)c2ccc(N3CCC(CCO)CC3)nc2)C(C)(C)C1Oc1ccc(C#N)c(Cl)c1. The number of rotatable bonds is 7. The Morgan fingerprint density at radius 3 is 2.47 bits per heavy atom. The third kappa shape index (κ3) is 5.02. The number of ether oxygens (including phenoxy) is 1. The molecular weight excluding hydrogens is 476 g/mol. The number of anilines is 1. The average molecular weight is 511 g/mol. The van der Waals surface area contributed by atoms with E-state index in [2.05, 4.69) is 49.0 Å². The molecule has 192 valence electrons. The molecule has 2 N–H and O–H groups in total.